The van der Waals surface area contributed by atoms with Crippen molar-refractivity contribution in [2.45, 2.75) is 39.3 Å². The van der Waals surface area contributed by atoms with Crippen molar-refractivity contribution in [2.75, 3.05) is 26.2 Å². The Kier molecular flexibility index (Phi) is 5.67. The summed E-state index contributed by atoms with van der Waals surface area (Å²) in [6.45, 7) is 9.56. The average Bonchev–Trinajstić information content (AvgIpc) is 2.47. The highest BCUT2D eigenvalue weighted by Gasteiger charge is 2.17. The third-order valence-electron chi connectivity index (χ3n) is 3.78. The van der Waals surface area contributed by atoms with Crippen molar-refractivity contribution in [3.05, 3.63) is 29.8 Å². The van der Waals surface area contributed by atoms with Gasteiger partial charge in [0.2, 0.25) is 0 Å². The zero-order valence-electron chi connectivity index (χ0n) is 12.2. The van der Waals surface area contributed by atoms with Crippen molar-refractivity contribution in [1.82, 2.24) is 10.2 Å². The van der Waals surface area contributed by atoms with Crippen molar-refractivity contribution in [3.63, 3.8) is 0 Å². The summed E-state index contributed by atoms with van der Waals surface area (Å²) in [5.74, 6) is 0.959. The van der Waals surface area contributed by atoms with Gasteiger partial charge in [0.15, 0.2) is 0 Å². The van der Waals surface area contributed by atoms with Gasteiger partial charge >= 0.3 is 0 Å². The number of piperidine rings is 1. The van der Waals surface area contributed by atoms with E-state index >= 15 is 0 Å². The van der Waals surface area contributed by atoms with E-state index < -0.39 is 0 Å². The summed E-state index contributed by atoms with van der Waals surface area (Å²) in [7, 11) is 0. The first-order valence-electron chi connectivity index (χ1n) is 7.49. The summed E-state index contributed by atoms with van der Waals surface area (Å²) in [5, 5.41) is 3.67. The highest BCUT2D eigenvalue weighted by atomic mass is 16.5. The number of hydrogen-bond donors (Lipinski definition) is 1. The summed E-state index contributed by atoms with van der Waals surface area (Å²) >= 11 is 0. The molecule has 0 aromatic heterocycles. The number of likely N-dealkylation sites (N-methyl/N-ethyl adjacent to an activating group) is 1. The molecule has 1 aromatic carbocycles. The Morgan fingerprint density at radius 3 is 2.74 bits per heavy atom. The first-order chi connectivity index (χ1) is 9.31. The maximum Gasteiger partial charge on any atom is 0.119 e. The molecule has 0 bridgehead atoms. The van der Waals surface area contributed by atoms with Gasteiger partial charge in [-0.2, -0.15) is 0 Å². The van der Waals surface area contributed by atoms with E-state index in [0.29, 0.717) is 6.04 Å². The summed E-state index contributed by atoms with van der Waals surface area (Å²) in [5.41, 5.74) is 1.33. The van der Waals surface area contributed by atoms with Gasteiger partial charge in [0.1, 0.15) is 5.75 Å². The summed E-state index contributed by atoms with van der Waals surface area (Å²) in [4.78, 5) is 2.53. The van der Waals surface area contributed by atoms with E-state index in [2.05, 4.69) is 41.4 Å². The molecule has 1 saturated heterocycles. The second-order valence-electron chi connectivity index (χ2n) is 5.19. The van der Waals surface area contributed by atoms with Gasteiger partial charge < -0.3 is 15.0 Å². The normalized spacial score (nSPS) is 20.4. The Morgan fingerprint density at radius 1 is 1.26 bits per heavy atom. The van der Waals surface area contributed by atoms with Gasteiger partial charge in [0, 0.05) is 19.1 Å². The molecule has 1 aromatic rings. The van der Waals surface area contributed by atoms with Crippen LogP contribution in [0, 0.1) is 0 Å². The average molecular weight is 262 g/mol. The molecule has 1 aliphatic heterocycles. The molecule has 1 unspecified atom stereocenters. The van der Waals surface area contributed by atoms with Crippen molar-refractivity contribution in [3.8, 4) is 5.75 Å². The highest BCUT2D eigenvalue weighted by molar-refractivity contribution is 5.27. The van der Waals surface area contributed by atoms with Gasteiger partial charge in [0.25, 0.3) is 0 Å². The molecule has 1 N–H and O–H groups in total. The fourth-order valence-electron chi connectivity index (χ4n) is 2.64. The molecule has 3 nitrogen and oxygen atoms in total. The minimum atomic E-state index is 0.639. The molecule has 1 fully saturated rings. The van der Waals surface area contributed by atoms with E-state index in [1.54, 1.807) is 0 Å². The van der Waals surface area contributed by atoms with Crippen molar-refractivity contribution >= 4 is 0 Å². The predicted molar refractivity (Wildman–Crippen MR) is 79.6 cm³/mol. The lowest BCUT2D eigenvalue weighted by atomic mass is 10.1. The number of nitrogens with zero attached hydrogens (tertiary/aromatic N) is 1. The molecule has 0 saturated carbocycles. The Balaban J connectivity index is 1.78. The Morgan fingerprint density at radius 2 is 2.05 bits per heavy atom. The number of rotatable bonds is 6. The van der Waals surface area contributed by atoms with Crippen molar-refractivity contribution in [1.29, 1.82) is 0 Å². The minimum absolute atomic E-state index is 0.639. The molecule has 0 radical (unpaired) electrons. The van der Waals surface area contributed by atoms with Gasteiger partial charge in [-0.15, -0.1) is 0 Å². The third kappa shape index (κ3) is 4.51. The zero-order valence-corrected chi connectivity index (χ0v) is 12.2. The predicted octanol–water partition coefficient (Wildman–Crippen LogP) is 2.66. The quantitative estimate of drug-likeness (QED) is 0.853. The SMILES string of the molecule is CCOc1ccc(CNC2CCCN(CC)C2)cc1. The van der Waals surface area contributed by atoms with Crippen molar-refractivity contribution in [2.24, 2.45) is 0 Å². The number of ether oxygens (including phenoxy) is 1. The van der Waals surface area contributed by atoms with E-state index in [-0.39, 0.29) is 0 Å². The standard InChI is InChI=1S/C16H26N2O/c1-3-18-11-5-6-15(13-18)17-12-14-7-9-16(10-8-14)19-4-2/h7-10,15,17H,3-6,11-13H2,1-2H3. The van der Waals surface area contributed by atoms with Gasteiger partial charge in [-0.3, -0.25) is 0 Å². The first-order valence-corrected chi connectivity index (χ1v) is 7.49. The summed E-state index contributed by atoms with van der Waals surface area (Å²) in [6.07, 6.45) is 2.61. The lowest BCUT2D eigenvalue weighted by Crippen LogP contribution is -2.45. The van der Waals surface area contributed by atoms with E-state index in [1.807, 2.05) is 6.92 Å². The van der Waals surface area contributed by atoms with Crippen LogP contribution in [0.25, 0.3) is 0 Å². The van der Waals surface area contributed by atoms with Crippen LogP contribution in [0.5, 0.6) is 5.75 Å². The Bertz CT molecular complexity index is 364. The molecule has 0 aliphatic carbocycles. The molecule has 0 spiro atoms. The van der Waals surface area contributed by atoms with Gasteiger partial charge in [-0.05, 0) is 50.6 Å². The number of nitrogens with one attached hydrogen (secondary N) is 1. The van der Waals surface area contributed by atoms with E-state index in [9.17, 15) is 0 Å². The number of benzene rings is 1. The molecule has 1 atom stereocenters. The topological polar surface area (TPSA) is 24.5 Å². The second-order valence-corrected chi connectivity index (χ2v) is 5.19. The maximum atomic E-state index is 5.46. The van der Waals surface area contributed by atoms with Gasteiger partial charge in [-0.1, -0.05) is 19.1 Å². The zero-order chi connectivity index (χ0) is 13.5. The van der Waals surface area contributed by atoms with Crippen molar-refractivity contribution < 1.29 is 4.74 Å². The largest absolute Gasteiger partial charge is 0.494 e. The van der Waals surface area contributed by atoms with Crippen LogP contribution < -0.4 is 10.1 Å². The Hall–Kier alpha value is -1.06. The molecule has 2 rings (SSSR count). The van der Waals surface area contributed by atoms with Crippen LogP contribution in [0.3, 0.4) is 0 Å². The summed E-state index contributed by atoms with van der Waals surface area (Å²) in [6, 6.07) is 9.05. The maximum absolute atomic E-state index is 5.46. The fraction of sp³-hybridized carbons (Fsp3) is 0.625. The van der Waals surface area contributed by atoms with E-state index in [1.165, 1.54) is 38.0 Å². The highest BCUT2D eigenvalue weighted by Crippen LogP contribution is 2.13. The van der Waals surface area contributed by atoms with E-state index in [0.717, 1.165) is 18.9 Å². The molecule has 0 amide bonds. The lowest BCUT2D eigenvalue weighted by molar-refractivity contribution is 0.198. The molecule has 1 heterocycles. The molecule has 3 heteroatoms. The fourth-order valence-corrected chi connectivity index (χ4v) is 2.64. The second kappa shape index (κ2) is 7.51. The van der Waals surface area contributed by atoms with Crippen LogP contribution >= 0.6 is 0 Å². The van der Waals surface area contributed by atoms with E-state index in [4.69, 9.17) is 4.74 Å². The first kappa shape index (κ1) is 14.4. The smallest absolute Gasteiger partial charge is 0.119 e. The number of hydrogen-bond acceptors (Lipinski definition) is 3. The van der Waals surface area contributed by atoms with Crippen LogP contribution in [0.4, 0.5) is 0 Å². The molecule has 19 heavy (non-hydrogen) atoms. The molecular weight excluding hydrogens is 236 g/mol. The molecular formula is C16H26N2O. The summed E-state index contributed by atoms with van der Waals surface area (Å²) < 4.78 is 5.46. The minimum Gasteiger partial charge on any atom is -0.494 e. The third-order valence-corrected chi connectivity index (χ3v) is 3.78. The monoisotopic (exact) mass is 262 g/mol. The lowest BCUT2D eigenvalue weighted by Gasteiger charge is -2.32. The van der Waals surface area contributed by atoms with Gasteiger partial charge in [-0.25, -0.2) is 0 Å². The van der Waals surface area contributed by atoms with Crippen LogP contribution in [0.1, 0.15) is 32.3 Å². The molecule has 1 aliphatic rings. The van der Waals surface area contributed by atoms with Crippen LogP contribution in [0.2, 0.25) is 0 Å². The number of likely N-dealkylation sites (tertiary alicyclic amines) is 1. The van der Waals surface area contributed by atoms with Gasteiger partial charge in [0.05, 0.1) is 6.61 Å². The van der Waals surface area contributed by atoms with Crippen LogP contribution in [-0.2, 0) is 6.54 Å². The van der Waals surface area contributed by atoms with Crippen LogP contribution in [-0.4, -0.2) is 37.2 Å². The molecule has 106 valence electrons. The Labute approximate surface area is 116 Å². The van der Waals surface area contributed by atoms with Crippen LogP contribution in [0.15, 0.2) is 24.3 Å².